The highest BCUT2D eigenvalue weighted by atomic mass is 16.5. The normalized spacial score (nSPS) is 30.3. The van der Waals surface area contributed by atoms with Crippen LogP contribution in [0.2, 0.25) is 0 Å². The number of hydrogen-bond acceptors (Lipinski definition) is 2. The van der Waals surface area contributed by atoms with Gasteiger partial charge < -0.3 is 4.74 Å². The van der Waals surface area contributed by atoms with Crippen LogP contribution in [-0.2, 0) is 4.74 Å². The first-order valence-corrected chi connectivity index (χ1v) is 4.59. The summed E-state index contributed by atoms with van der Waals surface area (Å²) in [6.07, 6.45) is 1.67. The van der Waals surface area contributed by atoms with E-state index in [4.69, 9.17) is 4.74 Å². The molecule has 0 aliphatic carbocycles. The van der Waals surface area contributed by atoms with Crippen LogP contribution in [-0.4, -0.2) is 36.7 Å². The summed E-state index contributed by atoms with van der Waals surface area (Å²) < 4.78 is 5.46. The third kappa shape index (κ3) is 2.46. The summed E-state index contributed by atoms with van der Waals surface area (Å²) in [6.45, 7) is 9.80. The molecule has 2 atom stereocenters. The van der Waals surface area contributed by atoms with Gasteiger partial charge in [0.15, 0.2) is 0 Å². The molecule has 1 aliphatic heterocycles. The summed E-state index contributed by atoms with van der Waals surface area (Å²) in [4.78, 5) is 2.51. The maximum absolute atomic E-state index is 5.46. The van der Waals surface area contributed by atoms with Crippen molar-refractivity contribution in [1.82, 2.24) is 4.90 Å². The standard InChI is InChI=1S/C9H19NO/c1-4-8(2)10-5-6-11-9(3)7-10/h8-9H,4-7H2,1-3H3/t8-,9-/m0/s1. The van der Waals surface area contributed by atoms with Crippen LogP contribution in [0.4, 0.5) is 0 Å². The van der Waals surface area contributed by atoms with Crippen molar-refractivity contribution in [2.24, 2.45) is 0 Å². The molecule has 2 heteroatoms. The van der Waals surface area contributed by atoms with Gasteiger partial charge in [0, 0.05) is 19.1 Å². The highest BCUT2D eigenvalue weighted by molar-refractivity contribution is 4.72. The van der Waals surface area contributed by atoms with Gasteiger partial charge in [0.05, 0.1) is 12.7 Å². The van der Waals surface area contributed by atoms with Crippen molar-refractivity contribution in [1.29, 1.82) is 0 Å². The average molecular weight is 157 g/mol. The molecule has 0 radical (unpaired) electrons. The van der Waals surface area contributed by atoms with Crippen LogP contribution in [0.3, 0.4) is 0 Å². The molecule has 0 aromatic heterocycles. The minimum atomic E-state index is 0.428. The molecule has 1 fully saturated rings. The fraction of sp³-hybridized carbons (Fsp3) is 1.00. The smallest absolute Gasteiger partial charge is 0.0674 e. The fourth-order valence-corrected chi connectivity index (χ4v) is 1.50. The summed E-state index contributed by atoms with van der Waals surface area (Å²) in [6, 6.07) is 0.723. The summed E-state index contributed by atoms with van der Waals surface area (Å²) in [5.74, 6) is 0. The first-order valence-electron chi connectivity index (χ1n) is 4.59. The van der Waals surface area contributed by atoms with Crippen LogP contribution in [0.5, 0.6) is 0 Å². The molecule has 11 heavy (non-hydrogen) atoms. The number of rotatable bonds is 2. The van der Waals surface area contributed by atoms with E-state index >= 15 is 0 Å². The molecule has 0 unspecified atom stereocenters. The van der Waals surface area contributed by atoms with Gasteiger partial charge in [0.25, 0.3) is 0 Å². The van der Waals surface area contributed by atoms with Crippen molar-refractivity contribution in [3.05, 3.63) is 0 Å². The Kier molecular flexibility index (Phi) is 3.34. The summed E-state index contributed by atoms with van der Waals surface area (Å²) in [5, 5.41) is 0. The Labute approximate surface area is 69.5 Å². The van der Waals surface area contributed by atoms with Gasteiger partial charge in [-0.1, -0.05) is 6.92 Å². The second kappa shape index (κ2) is 4.07. The van der Waals surface area contributed by atoms with Crippen molar-refractivity contribution in [3.8, 4) is 0 Å². The van der Waals surface area contributed by atoms with E-state index < -0.39 is 0 Å². The Morgan fingerprint density at radius 1 is 1.64 bits per heavy atom. The summed E-state index contributed by atoms with van der Waals surface area (Å²) in [7, 11) is 0. The lowest BCUT2D eigenvalue weighted by Crippen LogP contribution is -2.45. The molecule has 0 saturated carbocycles. The van der Waals surface area contributed by atoms with Crippen LogP contribution < -0.4 is 0 Å². The molecule has 1 heterocycles. The van der Waals surface area contributed by atoms with Gasteiger partial charge in [0.2, 0.25) is 0 Å². The van der Waals surface area contributed by atoms with E-state index in [2.05, 4.69) is 25.7 Å². The molecule has 2 nitrogen and oxygen atoms in total. The molecule has 0 N–H and O–H groups in total. The number of hydrogen-bond donors (Lipinski definition) is 0. The second-order valence-electron chi connectivity index (χ2n) is 3.43. The first kappa shape index (κ1) is 9.01. The first-order chi connectivity index (χ1) is 5.24. The van der Waals surface area contributed by atoms with Gasteiger partial charge in [-0.05, 0) is 20.3 Å². The van der Waals surface area contributed by atoms with E-state index in [1.54, 1.807) is 0 Å². The molecule has 1 aliphatic rings. The Morgan fingerprint density at radius 2 is 2.36 bits per heavy atom. The highest BCUT2D eigenvalue weighted by Crippen LogP contribution is 2.09. The SMILES string of the molecule is CC[C@H](C)N1CCO[C@@H](C)C1. The van der Waals surface area contributed by atoms with Crippen molar-refractivity contribution in [3.63, 3.8) is 0 Å². The monoisotopic (exact) mass is 157 g/mol. The van der Waals surface area contributed by atoms with Crippen LogP contribution in [0.1, 0.15) is 27.2 Å². The van der Waals surface area contributed by atoms with Gasteiger partial charge in [0.1, 0.15) is 0 Å². The van der Waals surface area contributed by atoms with Crippen LogP contribution in [0.25, 0.3) is 0 Å². The van der Waals surface area contributed by atoms with Crippen LogP contribution in [0, 0.1) is 0 Å². The molecule has 1 saturated heterocycles. The third-order valence-corrected chi connectivity index (χ3v) is 2.49. The van der Waals surface area contributed by atoms with Gasteiger partial charge in [-0.2, -0.15) is 0 Å². The van der Waals surface area contributed by atoms with Gasteiger partial charge in [-0.3, -0.25) is 4.90 Å². The van der Waals surface area contributed by atoms with E-state index in [0.717, 1.165) is 25.7 Å². The molecule has 0 aromatic rings. The quantitative estimate of drug-likeness (QED) is 0.602. The minimum absolute atomic E-state index is 0.428. The lowest BCUT2D eigenvalue weighted by Gasteiger charge is -2.35. The molecule has 66 valence electrons. The lowest BCUT2D eigenvalue weighted by molar-refractivity contribution is -0.0318. The van der Waals surface area contributed by atoms with Gasteiger partial charge >= 0.3 is 0 Å². The zero-order valence-corrected chi connectivity index (χ0v) is 7.84. The zero-order valence-electron chi connectivity index (χ0n) is 7.84. The highest BCUT2D eigenvalue weighted by Gasteiger charge is 2.19. The Balaban J connectivity index is 2.33. The van der Waals surface area contributed by atoms with E-state index in [1.165, 1.54) is 6.42 Å². The van der Waals surface area contributed by atoms with Crippen LogP contribution >= 0.6 is 0 Å². The molecule has 1 rings (SSSR count). The molecule has 0 amide bonds. The van der Waals surface area contributed by atoms with E-state index in [9.17, 15) is 0 Å². The van der Waals surface area contributed by atoms with Crippen LogP contribution in [0.15, 0.2) is 0 Å². The minimum Gasteiger partial charge on any atom is -0.376 e. The average Bonchev–Trinajstić information content (AvgIpc) is 2.03. The lowest BCUT2D eigenvalue weighted by atomic mass is 10.2. The van der Waals surface area contributed by atoms with Gasteiger partial charge in [-0.15, -0.1) is 0 Å². The number of morpholine rings is 1. The van der Waals surface area contributed by atoms with Crippen molar-refractivity contribution in [2.75, 3.05) is 19.7 Å². The molecule has 0 aromatic carbocycles. The number of ether oxygens (including phenoxy) is 1. The van der Waals surface area contributed by atoms with Crippen molar-refractivity contribution >= 4 is 0 Å². The van der Waals surface area contributed by atoms with E-state index in [1.807, 2.05) is 0 Å². The van der Waals surface area contributed by atoms with E-state index in [-0.39, 0.29) is 0 Å². The zero-order chi connectivity index (χ0) is 8.27. The summed E-state index contributed by atoms with van der Waals surface area (Å²) >= 11 is 0. The maximum atomic E-state index is 5.46. The topological polar surface area (TPSA) is 12.5 Å². The third-order valence-electron chi connectivity index (χ3n) is 2.49. The second-order valence-corrected chi connectivity index (χ2v) is 3.43. The summed E-state index contributed by atoms with van der Waals surface area (Å²) in [5.41, 5.74) is 0. The molecule has 0 spiro atoms. The Morgan fingerprint density at radius 3 is 2.91 bits per heavy atom. The maximum Gasteiger partial charge on any atom is 0.0674 e. The largest absolute Gasteiger partial charge is 0.376 e. The van der Waals surface area contributed by atoms with Crippen molar-refractivity contribution < 1.29 is 4.74 Å². The Hall–Kier alpha value is -0.0800. The fourth-order valence-electron chi connectivity index (χ4n) is 1.50. The molecule has 0 bridgehead atoms. The van der Waals surface area contributed by atoms with Gasteiger partial charge in [-0.25, -0.2) is 0 Å². The number of nitrogens with zero attached hydrogens (tertiary/aromatic N) is 1. The molecular formula is C9H19NO. The Bertz CT molecular complexity index is 116. The molecular weight excluding hydrogens is 138 g/mol. The van der Waals surface area contributed by atoms with Crippen molar-refractivity contribution in [2.45, 2.75) is 39.3 Å². The van der Waals surface area contributed by atoms with E-state index in [0.29, 0.717) is 6.10 Å². The predicted octanol–water partition coefficient (Wildman–Crippen LogP) is 1.51. The predicted molar refractivity (Wildman–Crippen MR) is 46.7 cm³/mol.